The summed E-state index contributed by atoms with van der Waals surface area (Å²) in [6, 6.07) is 16.9. The number of aryl methyl sites for hydroxylation is 1. The van der Waals surface area contributed by atoms with Crippen LogP contribution in [0.2, 0.25) is 0 Å². The number of aliphatic imine (C=N–C) groups is 1. The SMILES string of the molecule is CC(=O)N=C1C=CC(=c2ccc(=Cc3ccc(C)cc3)cc2)C=C1. The van der Waals surface area contributed by atoms with Crippen LogP contribution < -0.4 is 10.4 Å². The van der Waals surface area contributed by atoms with Crippen LogP contribution in [-0.4, -0.2) is 11.6 Å². The zero-order chi connectivity index (χ0) is 16.9. The van der Waals surface area contributed by atoms with Crippen molar-refractivity contribution in [2.24, 2.45) is 4.99 Å². The van der Waals surface area contributed by atoms with E-state index in [1.54, 1.807) is 0 Å². The molecule has 2 nitrogen and oxygen atoms in total. The van der Waals surface area contributed by atoms with Crippen LogP contribution in [0, 0.1) is 6.92 Å². The number of hydrogen-bond donors (Lipinski definition) is 0. The fraction of sp³-hybridized carbons (Fsp3) is 0.0909. The van der Waals surface area contributed by atoms with Crippen LogP contribution >= 0.6 is 0 Å². The van der Waals surface area contributed by atoms with Gasteiger partial charge in [-0.15, -0.1) is 0 Å². The van der Waals surface area contributed by atoms with E-state index in [1.807, 2.05) is 24.3 Å². The lowest BCUT2D eigenvalue weighted by molar-refractivity contribution is -0.115. The van der Waals surface area contributed by atoms with Crippen molar-refractivity contribution in [2.45, 2.75) is 13.8 Å². The predicted molar refractivity (Wildman–Crippen MR) is 100 cm³/mol. The van der Waals surface area contributed by atoms with Gasteiger partial charge in [0, 0.05) is 6.92 Å². The van der Waals surface area contributed by atoms with Crippen LogP contribution in [0.5, 0.6) is 0 Å². The molecule has 0 aromatic heterocycles. The minimum absolute atomic E-state index is 0.182. The van der Waals surface area contributed by atoms with Crippen LogP contribution in [0.4, 0.5) is 0 Å². The van der Waals surface area contributed by atoms with Gasteiger partial charge in [-0.2, -0.15) is 0 Å². The number of rotatable bonds is 1. The third kappa shape index (κ3) is 4.05. The van der Waals surface area contributed by atoms with Crippen molar-refractivity contribution >= 4 is 23.3 Å². The topological polar surface area (TPSA) is 29.4 Å². The first-order valence-electron chi connectivity index (χ1n) is 7.94. The fourth-order valence-electron chi connectivity index (χ4n) is 2.54. The van der Waals surface area contributed by atoms with Crippen molar-refractivity contribution in [2.75, 3.05) is 0 Å². The molecule has 0 fully saturated rings. The molecule has 24 heavy (non-hydrogen) atoms. The molecule has 1 aliphatic carbocycles. The molecule has 0 N–H and O–H groups in total. The second-order valence-corrected chi connectivity index (χ2v) is 5.85. The first-order chi connectivity index (χ1) is 11.6. The predicted octanol–water partition coefficient (Wildman–Crippen LogP) is 3.09. The highest BCUT2D eigenvalue weighted by molar-refractivity contribution is 6.12. The van der Waals surface area contributed by atoms with Crippen molar-refractivity contribution in [3.05, 3.63) is 94.4 Å². The Morgan fingerprint density at radius 1 is 0.875 bits per heavy atom. The van der Waals surface area contributed by atoms with Gasteiger partial charge in [-0.05, 0) is 46.7 Å². The van der Waals surface area contributed by atoms with E-state index in [4.69, 9.17) is 0 Å². The highest BCUT2D eigenvalue weighted by atomic mass is 16.1. The van der Waals surface area contributed by atoms with E-state index in [1.165, 1.54) is 23.3 Å². The number of amides is 1. The Morgan fingerprint density at radius 3 is 2.08 bits per heavy atom. The van der Waals surface area contributed by atoms with E-state index in [0.29, 0.717) is 5.71 Å². The second-order valence-electron chi connectivity index (χ2n) is 5.85. The van der Waals surface area contributed by atoms with E-state index in [9.17, 15) is 4.79 Å². The molecule has 0 spiro atoms. The Morgan fingerprint density at radius 2 is 1.50 bits per heavy atom. The quantitative estimate of drug-likeness (QED) is 0.795. The molecule has 0 saturated heterocycles. The molecular weight excluding hydrogens is 294 g/mol. The van der Waals surface area contributed by atoms with Crippen molar-refractivity contribution in [3.63, 3.8) is 0 Å². The molecule has 0 aliphatic heterocycles. The van der Waals surface area contributed by atoms with E-state index in [2.05, 4.69) is 66.5 Å². The lowest BCUT2D eigenvalue weighted by atomic mass is 10.0. The molecule has 2 aromatic carbocycles. The van der Waals surface area contributed by atoms with Gasteiger partial charge in [0.25, 0.3) is 0 Å². The van der Waals surface area contributed by atoms with Gasteiger partial charge in [-0.1, -0.05) is 66.2 Å². The Hall–Kier alpha value is -3.00. The number of carbonyl (C=O) groups is 1. The minimum Gasteiger partial charge on any atom is -0.273 e. The number of hydrogen-bond acceptors (Lipinski definition) is 1. The zero-order valence-electron chi connectivity index (χ0n) is 13.9. The number of carbonyl (C=O) groups excluding carboxylic acids is 1. The number of allylic oxidation sites excluding steroid dienone is 4. The summed E-state index contributed by atoms with van der Waals surface area (Å²) in [6.45, 7) is 3.55. The molecule has 2 heteroatoms. The Kier molecular flexibility index (Phi) is 4.66. The molecule has 118 valence electrons. The third-order valence-electron chi connectivity index (χ3n) is 3.81. The van der Waals surface area contributed by atoms with Crippen molar-refractivity contribution < 1.29 is 4.79 Å². The summed E-state index contributed by atoms with van der Waals surface area (Å²) in [7, 11) is 0. The second kappa shape index (κ2) is 7.05. The zero-order valence-corrected chi connectivity index (χ0v) is 13.9. The largest absolute Gasteiger partial charge is 0.273 e. The average molecular weight is 313 g/mol. The summed E-state index contributed by atoms with van der Waals surface area (Å²) in [5.74, 6) is -0.182. The van der Waals surface area contributed by atoms with Gasteiger partial charge in [0.2, 0.25) is 5.91 Å². The standard InChI is InChI=1S/C22H19NO/c1-16-3-5-18(6-4-16)15-19-7-9-20(10-8-19)21-11-13-22(14-12-21)23-17(2)24/h3-15H,1-2H3. The summed E-state index contributed by atoms with van der Waals surface area (Å²) in [5.41, 5.74) is 4.26. The lowest BCUT2D eigenvalue weighted by Crippen LogP contribution is -2.10. The monoisotopic (exact) mass is 313 g/mol. The van der Waals surface area contributed by atoms with E-state index in [0.717, 1.165) is 10.8 Å². The van der Waals surface area contributed by atoms with Gasteiger partial charge < -0.3 is 0 Å². The summed E-state index contributed by atoms with van der Waals surface area (Å²) < 4.78 is 0. The maximum atomic E-state index is 11.0. The number of nitrogens with zero attached hydrogens (tertiary/aromatic N) is 1. The van der Waals surface area contributed by atoms with Gasteiger partial charge in [0.1, 0.15) is 0 Å². The molecule has 3 rings (SSSR count). The Labute approximate surface area is 141 Å². The lowest BCUT2D eigenvalue weighted by Gasteiger charge is -2.02. The first kappa shape index (κ1) is 15.9. The normalized spacial score (nSPS) is 13.1. The Bertz CT molecular complexity index is 932. The van der Waals surface area contributed by atoms with Crippen LogP contribution in [0.25, 0.3) is 11.6 Å². The minimum atomic E-state index is -0.182. The highest BCUT2D eigenvalue weighted by Crippen LogP contribution is 2.07. The van der Waals surface area contributed by atoms with Gasteiger partial charge in [-0.3, -0.25) is 4.79 Å². The molecule has 1 aliphatic rings. The molecule has 0 radical (unpaired) electrons. The van der Waals surface area contributed by atoms with Gasteiger partial charge >= 0.3 is 0 Å². The van der Waals surface area contributed by atoms with E-state index >= 15 is 0 Å². The average Bonchev–Trinajstić information content (AvgIpc) is 2.58. The summed E-state index contributed by atoms with van der Waals surface area (Å²) in [4.78, 5) is 14.9. The van der Waals surface area contributed by atoms with Crippen LogP contribution in [0.15, 0.2) is 77.8 Å². The van der Waals surface area contributed by atoms with Gasteiger partial charge in [0.05, 0.1) is 5.71 Å². The highest BCUT2D eigenvalue weighted by Gasteiger charge is 1.99. The first-order valence-corrected chi connectivity index (χ1v) is 7.94. The molecule has 0 saturated carbocycles. The smallest absolute Gasteiger partial charge is 0.243 e. The third-order valence-corrected chi connectivity index (χ3v) is 3.81. The number of benzene rings is 2. The van der Waals surface area contributed by atoms with E-state index in [-0.39, 0.29) is 5.91 Å². The fourth-order valence-corrected chi connectivity index (χ4v) is 2.54. The summed E-state index contributed by atoms with van der Waals surface area (Å²) in [6.07, 6.45) is 9.87. The molecule has 1 amide bonds. The molecular formula is C22H19NO. The van der Waals surface area contributed by atoms with Crippen molar-refractivity contribution in [1.82, 2.24) is 0 Å². The molecule has 0 heterocycles. The van der Waals surface area contributed by atoms with Gasteiger partial charge in [-0.25, -0.2) is 4.99 Å². The van der Waals surface area contributed by atoms with Crippen molar-refractivity contribution in [3.8, 4) is 0 Å². The molecule has 0 bridgehead atoms. The molecule has 2 aromatic rings. The maximum absolute atomic E-state index is 11.0. The Balaban J connectivity index is 1.89. The van der Waals surface area contributed by atoms with Gasteiger partial charge in [0.15, 0.2) is 0 Å². The maximum Gasteiger partial charge on any atom is 0.243 e. The van der Waals surface area contributed by atoms with Crippen LogP contribution in [0.3, 0.4) is 0 Å². The molecule has 0 unspecified atom stereocenters. The summed E-state index contributed by atoms with van der Waals surface area (Å²) >= 11 is 0. The van der Waals surface area contributed by atoms with E-state index < -0.39 is 0 Å². The van der Waals surface area contributed by atoms with Crippen molar-refractivity contribution in [1.29, 1.82) is 0 Å². The molecule has 0 atom stereocenters. The van der Waals surface area contributed by atoms with Crippen LogP contribution in [-0.2, 0) is 4.79 Å². The summed E-state index contributed by atoms with van der Waals surface area (Å²) in [5, 5.41) is 2.32. The van der Waals surface area contributed by atoms with Crippen LogP contribution in [0.1, 0.15) is 18.1 Å².